The Labute approximate surface area is 208 Å². The molecule has 13 rings (SSSR count). The van der Waals surface area contributed by atoms with Gasteiger partial charge < -0.3 is 0 Å². The molecule has 2 heteroatoms. The van der Waals surface area contributed by atoms with Crippen molar-refractivity contribution < 1.29 is 9.59 Å². The molecule has 11 fully saturated rings. The second kappa shape index (κ2) is 5.78. The molecule has 0 saturated heterocycles. The topological polar surface area (TPSA) is 34.1 Å². The van der Waals surface area contributed by atoms with Gasteiger partial charge in [-0.15, -0.1) is 0 Å². The lowest BCUT2D eigenvalue weighted by molar-refractivity contribution is -0.145. The minimum absolute atomic E-state index is 0.211. The van der Waals surface area contributed by atoms with E-state index in [1.807, 2.05) is 0 Å². The van der Waals surface area contributed by atoms with Crippen LogP contribution in [0.15, 0.2) is 24.3 Å². The number of rotatable bonds is 0. The summed E-state index contributed by atoms with van der Waals surface area (Å²) >= 11 is 0. The molecule has 0 spiro atoms. The molecular weight excluding hydrogens is 428 g/mol. The summed E-state index contributed by atoms with van der Waals surface area (Å²) in [6.07, 6.45) is 20.1. The molecular formula is C33H38O2. The van der Waals surface area contributed by atoms with Gasteiger partial charge in [-0.2, -0.15) is 0 Å². The van der Waals surface area contributed by atoms with Crippen LogP contribution in [0.5, 0.6) is 0 Å². The molecule has 182 valence electrons. The summed E-state index contributed by atoms with van der Waals surface area (Å²) in [5.41, 5.74) is 0. The molecule has 4 bridgehead atoms. The van der Waals surface area contributed by atoms with Crippen LogP contribution in [0.3, 0.4) is 0 Å². The number of hydrogen-bond donors (Lipinski definition) is 0. The minimum Gasteiger partial charge on any atom is -0.299 e. The summed E-state index contributed by atoms with van der Waals surface area (Å²) in [6.45, 7) is 0. The average Bonchev–Trinajstić information content (AvgIpc) is 3.60. The van der Waals surface area contributed by atoms with Crippen LogP contribution in [-0.2, 0) is 9.59 Å². The summed E-state index contributed by atoms with van der Waals surface area (Å²) in [5, 5.41) is 0. The highest BCUT2D eigenvalue weighted by Gasteiger charge is 2.84. The lowest BCUT2D eigenvalue weighted by atomic mass is 9.59. The molecule has 0 aromatic rings. The predicted molar refractivity (Wildman–Crippen MR) is 130 cm³/mol. The maximum absolute atomic E-state index is 11.9. The SMILES string of the molecule is C1=CC2CC3C=CCC3C2C1.C1C2C3CC4C5CC3C1C5C24.O=C1C2C3CC4C2C(=O)C2C1C3C42. The van der Waals surface area contributed by atoms with Crippen molar-refractivity contribution in [1.82, 2.24) is 0 Å². The third-order valence-corrected chi connectivity index (χ3v) is 15.8. The Kier molecular flexibility index (Phi) is 3.13. The highest BCUT2D eigenvalue weighted by atomic mass is 16.1. The van der Waals surface area contributed by atoms with Crippen molar-refractivity contribution in [3.8, 4) is 0 Å². The Morgan fingerprint density at radius 2 is 0.857 bits per heavy atom. The molecule has 0 aromatic carbocycles. The van der Waals surface area contributed by atoms with Crippen LogP contribution in [0, 0.1) is 118 Å². The smallest absolute Gasteiger partial charge is 0.141 e. The van der Waals surface area contributed by atoms with Crippen LogP contribution < -0.4 is 0 Å². The van der Waals surface area contributed by atoms with E-state index in [9.17, 15) is 9.59 Å². The Bertz CT molecular complexity index is 1030. The molecule has 2 nitrogen and oxygen atoms in total. The Morgan fingerprint density at radius 3 is 1.37 bits per heavy atom. The zero-order chi connectivity index (χ0) is 22.5. The van der Waals surface area contributed by atoms with Crippen LogP contribution in [0.1, 0.15) is 44.9 Å². The highest BCUT2D eigenvalue weighted by molar-refractivity contribution is 6.06. The Balaban J connectivity index is 0.0000000727. The van der Waals surface area contributed by atoms with Gasteiger partial charge in [0.15, 0.2) is 0 Å². The van der Waals surface area contributed by atoms with Crippen LogP contribution in [0.25, 0.3) is 0 Å². The molecule has 0 aromatic heterocycles. The molecule has 0 N–H and O–H groups in total. The van der Waals surface area contributed by atoms with E-state index in [1.165, 1.54) is 73.0 Å². The molecule has 11 saturated carbocycles. The first kappa shape index (κ1) is 19.0. The first-order valence-electron chi connectivity index (χ1n) is 15.6. The van der Waals surface area contributed by atoms with Crippen LogP contribution in [0.2, 0.25) is 0 Å². The van der Waals surface area contributed by atoms with Gasteiger partial charge in [-0.05, 0) is 140 Å². The van der Waals surface area contributed by atoms with Crippen LogP contribution in [-0.4, -0.2) is 11.6 Å². The Morgan fingerprint density at radius 1 is 0.429 bits per heavy atom. The van der Waals surface area contributed by atoms with Crippen molar-refractivity contribution in [2.45, 2.75) is 44.9 Å². The van der Waals surface area contributed by atoms with E-state index < -0.39 is 0 Å². The van der Waals surface area contributed by atoms with Crippen molar-refractivity contribution in [2.75, 3.05) is 0 Å². The maximum atomic E-state index is 11.9. The molecule has 0 amide bonds. The number of fused-ring (bicyclic) bond motifs is 7. The summed E-state index contributed by atoms with van der Waals surface area (Å²) < 4.78 is 0. The fourth-order valence-electron chi connectivity index (χ4n) is 15.4. The summed E-state index contributed by atoms with van der Waals surface area (Å²) in [4.78, 5) is 23.8. The summed E-state index contributed by atoms with van der Waals surface area (Å²) in [6, 6.07) is 0. The van der Waals surface area contributed by atoms with Crippen molar-refractivity contribution >= 4 is 11.6 Å². The molecule has 0 aliphatic heterocycles. The van der Waals surface area contributed by atoms with E-state index in [-0.39, 0.29) is 23.7 Å². The molecule has 35 heavy (non-hydrogen) atoms. The zero-order valence-electron chi connectivity index (χ0n) is 20.6. The summed E-state index contributed by atoms with van der Waals surface area (Å²) in [7, 11) is 0. The number of Topliss-reactive ketones (excluding diaryl/α,β-unsaturated/α-hetero) is 2. The molecule has 0 radical (unpaired) electrons. The largest absolute Gasteiger partial charge is 0.299 e. The van der Waals surface area contributed by atoms with Gasteiger partial charge in [-0.3, -0.25) is 9.59 Å². The average molecular weight is 467 g/mol. The lowest BCUT2D eigenvalue weighted by Crippen LogP contribution is -2.47. The monoisotopic (exact) mass is 466 g/mol. The van der Waals surface area contributed by atoms with Gasteiger partial charge in [-0.25, -0.2) is 0 Å². The van der Waals surface area contributed by atoms with Crippen molar-refractivity contribution in [1.29, 1.82) is 0 Å². The fraction of sp³-hybridized carbons (Fsp3) is 0.818. The van der Waals surface area contributed by atoms with E-state index >= 15 is 0 Å². The summed E-state index contributed by atoms with van der Waals surface area (Å²) in [5.74, 6) is 18.6. The quantitative estimate of drug-likeness (QED) is 0.446. The molecule has 20 atom stereocenters. The van der Waals surface area contributed by atoms with E-state index in [0.717, 1.165) is 23.7 Å². The van der Waals surface area contributed by atoms with Crippen LogP contribution in [0.4, 0.5) is 0 Å². The number of carbonyl (C=O) groups excluding carboxylic acids is 2. The minimum atomic E-state index is 0.211. The molecule has 13 aliphatic rings. The van der Waals surface area contributed by atoms with Gasteiger partial charge in [0.05, 0.1) is 0 Å². The molecule has 13 aliphatic carbocycles. The van der Waals surface area contributed by atoms with Crippen molar-refractivity contribution in [3.05, 3.63) is 24.3 Å². The second-order valence-electron chi connectivity index (χ2n) is 15.7. The first-order valence-corrected chi connectivity index (χ1v) is 15.6. The van der Waals surface area contributed by atoms with E-state index in [1.54, 1.807) is 19.3 Å². The lowest BCUT2D eigenvalue weighted by Gasteiger charge is -2.45. The standard InChI is InChI=1S/C11H10O2.2C11H14/c12-10-6-2-1-3-5-4(2)8(10)9(5)11(13)7(3)6;1-4-5-2-9-8(1)10-6(4)3-7(5)11(9)10;1-3-8-7-9-4-2-6-11(9)10(8)5-1/h2-9H,1H2;4-11H,1-3H2;1-4,8-11H,5-7H2. The first-order chi connectivity index (χ1) is 17.2. The number of allylic oxidation sites excluding steroid dienone is 4. The third kappa shape index (κ3) is 1.82. The third-order valence-electron chi connectivity index (χ3n) is 15.8. The van der Waals surface area contributed by atoms with Gasteiger partial charge in [0, 0.05) is 23.7 Å². The number of hydrogen-bond acceptors (Lipinski definition) is 2. The van der Waals surface area contributed by atoms with E-state index in [2.05, 4.69) is 24.3 Å². The van der Waals surface area contributed by atoms with Gasteiger partial charge >= 0.3 is 0 Å². The second-order valence-corrected chi connectivity index (χ2v) is 15.7. The number of ketones is 2. The fourth-order valence-corrected chi connectivity index (χ4v) is 15.4. The normalized spacial score (nSPS) is 70.5. The molecule has 0 heterocycles. The van der Waals surface area contributed by atoms with Gasteiger partial charge in [0.25, 0.3) is 0 Å². The van der Waals surface area contributed by atoms with Gasteiger partial charge in [-0.1, -0.05) is 24.3 Å². The van der Waals surface area contributed by atoms with Crippen LogP contribution >= 0.6 is 0 Å². The van der Waals surface area contributed by atoms with Gasteiger partial charge in [0.2, 0.25) is 0 Å². The van der Waals surface area contributed by atoms with E-state index in [0.29, 0.717) is 35.2 Å². The van der Waals surface area contributed by atoms with E-state index in [4.69, 9.17) is 0 Å². The molecule has 20 unspecified atom stereocenters. The van der Waals surface area contributed by atoms with Crippen molar-refractivity contribution in [3.63, 3.8) is 0 Å². The maximum Gasteiger partial charge on any atom is 0.141 e. The zero-order valence-corrected chi connectivity index (χ0v) is 20.6. The number of carbonyl (C=O) groups is 2. The Hall–Kier alpha value is -1.18. The van der Waals surface area contributed by atoms with Crippen molar-refractivity contribution in [2.24, 2.45) is 118 Å². The van der Waals surface area contributed by atoms with Gasteiger partial charge in [0.1, 0.15) is 11.6 Å². The highest BCUT2D eigenvalue weighted by Crippen LogP contribution is 2.83. The predicted octanol–water partition coefficient (Wildman–Crippen LogP) is 5.44.